The molecule has 1 unspecified atom stereocenters. The van der Waals surface area contributed by atoms with Gasteiger partial charge in [-0.1, -0.05) is 36.9 Å². The van der Waals surface area contributed by atoms with Crippen molar-refractivity contribution in [3.63, 3.8) is 0 Å². The van der Waals surface area contributed by atoms with Crippen molar-refractivity contribution in [3.05, 3.63) is 54.6 Å². The van der Waals surface area contributed by atoms with Crippen LogP contribution in [-0.4, -0.2) is 40.8 Å². The second kappa shape index (κ2) is 9.41. The fourth-order valence-corrected chi connectivity index (χ4v) is 3.65. The maximum absolute atomic E-state index is 12.7. The number of rotatable bonds is 6. The molecule has 1 fully saturated rings. The SMILES string of the molecule is CCCOc1ccc(NC(=O)C2CC(=O)N(C)C(=Nc3ccccc3)S2)cc1. The molecule has 1 aliphatic heterocycles. The summed E-state index contributed by atoms with van der Waals surface area (Å²) in [5.74, 6) is 0.423. The highest BCUT2D eigenvalue weighted by molar-refractivity contribution is 8.15. The van der Waals surface area contributed by atoms with E-state index in [0.29, 0.717) is 17.5 Å². The summed E-state index contributed by atoms with van der Waals surface area (Å²) >= 11 is 1.30. The predicted octanol–water partition coefficient (Wildman–Crippen LogP) is 4.07. The molecule has 3 rings (SSSR count). The maximum atomic E-state index is 12.7. The van der Waals surface area contributed by atoms with Gasteiger partial charge in [0.1, 0.15) is 11.0 Å². The van der Waals surface area contributed by atoms with Gasteiger partial charge in [-0.15, -0.1) is 0 Å². The molecule has 6 nitrogen and oxygen atoms in total. The lowest BCUT2D eigenvalue weighted by atomic mass is 10.2. The fraction of sp³-hybridized carbons (Fsp3) is 0.286. The third-order valence-corrected chi connectivity index (χ3v) is 5.38. The Morgan fingerprint density at radius 2 is 1.93 bits per heavy atom. The molecular formula is C21H23N3O3S. The average Bonchev–Trinajstić information content (AvgIpc) is 2.71. The van der Waals surface area contributed by atoms with Gasteiger partial charge in [0.2, 0.25) is 11.8 Å². The lowest BCUT2D eigenvalue weighted by Gasteiger charge is -2.28. The molecule has 2 aromatic rings. The van der Waals surface area contributed by atoms with Gasteiger partial charge in [0.15, 0.2) is 5.17 Å². The Bertz CT molecular complexity index is 853. The van der Waals surface area contributed by atoms with E-state index in [1.54, 1.807) is 19.2 Å². The quantitative estimate of drug-likeness (QED) is 0.798. The van der Waals surface area contributed by atoms with Crippen molar-refractivity contribution in [1.29, 1.82) is 0 Å². The zero-order valence-electron chi connectivity index (χ0n) is 15.9. The number of carbonyl (C=O) groups excluding carboxylic acids is 2. The third kappa shape index (κ3) is 5.13. The minimum absolute atomic E-state index is 0.128. The van der Waals surface area contributed by atoms with E-state index in [9.17, 15) is 9.59 Å². The summed E-state index contributed by atoms with van der Waals surface area (Å²) in [7, 11) is 1.68. The van der Waals surface area contributed by atoms with Crippen LogP contribution >= 0.6 is 11.8 Å². The second-order valence-corrected chi connectivity index (χ2v) is 7.53. The number of nitrogens with one attached hydrogen (secondary N) is 1. The first kappa shape index (κ1) is 19.9. The molecule has 2 amide bonds. The van der Waals surface area contributed by atoms with Crippen LogP contribution in [0.15, 0.2) is 59.6 Å². The van der Waals surface area contributed by atoms with E-state index >= 15 is 0 Å². The number of amidine groups is 1. The Morgan fingerprint density at radius 1 is 1.21 bits per heavy atom. The van der Waals surface area contributed by atoms with Gasteiger partial charge in [-0.05, 0) is 42.8 Å². The second-order valence-electron chi connectivity index (χ2n) is 6.36. The molecule has 1 heterocycles. The molecule has 1 saturated heterocycles. The Kier molecular flexibility index (Phi) is 6.71. The smallest absolute Gasteiger partial charge is 0.238 e. The first-order valence-electron chi connectivity index (χ1n) is 9.17. The summed E-state index contributed by atoms with van der Waals surface area (Å²) in [5, 5.41) is 2.87. The fourth-order valence-electron chi connectivity index (χ4n) is 2.59. The number of ether oxygens (including phenoxy) is 1. The van der Waals surface area contributed by atoms with Crippen molar-refractivity contribution in [2.75, 3.05) is 19.0 Å². The molecule has 0 saturated carbocycles. The molecule has 28 heavy (non-hydrogen) atoms. The number of anilines is 1. The molecule has 7 heteroatoms. The van der Waals surface area contributed by atoms with Crippen LogP contribution in [0.1, 0.15) is 19.8 Å². The number of thioether (sulfide) groups is 1. The lowest BCUT2D eigenvalue weighted by molar-refractivity contribution is -0.128. The van der Waals surface area contributed by atoms with Gasteiger partial charge in [0.05, 0.1) is 12.3 Å². The Hall–Kier alpha value is -2.80. The minimum atomic E-state index is -0.526. The third-order valence-electron chi connectivity index (χ3n) is 4.14. The largest absolute Gasteiger partial charge is 0.494 e. The molecule has 146 valence electrons. The number of nitrogens with zero attached hydrogens (tertiary/aromatic N) is 2. The predicted molar refractivity (Wildman–Crippen MR) is 113 cm³/mol. The van der Waals surface area contributed by atoms with Gasteiger partial charge in [0.25, 0.3) is 0 Å². The van der Waals surface area contributed by atoms with Crippen molar-refractivity contribution >= 4 is 40.1 Å². The van der Waals surface area contributed by atoms with Crippen molar-refractivity contribution in [2.45, 2.75) is 25.0 Å². The molecule has 1 atom stereocenters. The zero-order valence-corrected chi connectivity index (χ0v) is 16.7. The van der Waals surface area contributed by atoms with Gasteiger partial charge >= 0.3 is 0 Å². The Balaban J connectivity index is 1.67. The standard InChI is InChI=1S/C21H23N3O3S/c1-3-13-27-17-11-9-16(10-12-17)22-20(26)18-14-19(25)24(2)21(28-18)23-15-7-5-4-6-8-15/h4-12,18H,3,13-14H2,1-2H3,(H,22,26). The number of para-hydroxylation sites is 1. The van der Waals surface area contributed by atoms with Crippen LogP contribution in [0.3, 0.4) is 0 Å². The molecular weight excluding hydrogens is 374 g/mol. The van der Waals surface area contributed by atoms with Crippen LogP contribution < -0.4 is 10.1 Å². The van der Waals surface area contributed by atoms with Crippen LogP contribution in [-0.2, 0) is 9.59 Å². The number of amides is 2. The van der Waals surface area contributed by atoms with Gasteiger partial charge in [0, 0.05) is 19.2 Å². The van der Waals surface area contributed by atoms with Crippen LogP contribution in [0.5, 0.6) is 5.75 Å². The van der Waals surface area contributed by atoms with E-state index in [1.165, 1.54) is 16.7 Å². The summed E-state index contributed by atoms with van der Waals surface area (Å²) in [4.78, 5) is 31.0. The van der Waals surface area contributed by atoms with Crippen LogP contribution in [0.4, 0.5) is 11.4 Å². The number of benzene rings is 2. The summed E-state index contributed by atoms with van der Waals surface area (Å²) in [5.41, 5.74) is 1.41. The topological polar surface area (TPSA) is 71.0 Å². The monoisotopic (exact) mass is 397 g/mol. The molecule has 1 N–H and O–H groups in total. The van der Waals surface area contributed by atoms with E-state index in [1.807, 2.05) is 49.4 Å². The highest BCUT2D eigenvalue weighted by Crippen LogP contribution is 2.29. The lowest BCUT2D eigenvalue weighted by Crippen LogP contribution is -2.43. The number of aliphatic imine (C=N–C) groups is 1. The summed E-state index contributed by atoms with van der Waals surface area (Å²) in [6.45, 7) is 2.70. The van der Waals surface area contributed by atoms with Gasteiger partial charge < -0.3 is 10.1 Å². The van der Waals surface area contributed by atoms with Crippen molar-refractivity contribution < 1.29 is 14.3 Å². The minimum Gasteiger partial charge on any atom is -0.494 e. The Labute approximate surface area is 169 Å². The highest BCUT2D eigenvalue weighted by Gasteiger charge is 2.34. The van der Waals surface area contributed by atoms with Crippen LogP contribution in [0.25, 0.3) is 0 Å². The number of hydrogen-bond donors (Lipinski definition) is 1. The van der Waals surface area contributed by atoms with Gasteiger partial charge in [-0.25, -0.2) is 4.99 Å². The van der Waals surface area contributed by atoms with Crippen molar-refractivity contribution in [3.8, 4) is 5.75 Å². The van der Waals surface area contributed by atoms with Crippen molar-refractivity contribution in [1.82, 2.24) is 4.90 Å². The molecule has 1 aliphatic rings. The van der Waals surface area contributed by atoms with E-state index in [0.717, 1.165) is 17.9 Å². The van der Waals surface area contributed by atoms with E-state index in [-0.39, 0.29) is 18.2 Å². The first-order chi connectivity index (χ1) is 13.6. The first-order valence-corrected chi connectivity index (χ1v) is 10.1. The normalized spacial score (nSPS) is 18.2. The van der Waals surface area contributed by atoms with Crippen LogP contribution in [0.2, 0.25) is 0 Å². The van der Waals surface area contributed by atoms with Gasteiger partial charge in [-0.2, -0.15) is 0 Å². The van der Waals surface area contributed by atoms with E-state index < -0.39 is 5.25 Å². The molecule has 0 aromatic heterocycles. The van der Waals surface area contributed by atoms with Crippen LogP contribution in [0, 0.1) is 0 Å². The zero-order chi connectivity index (χ0) is 19.9. The number of hydrogen-bond acceptors (Lipinski definition) is 5. The average molecular weight is 398 g/mol. The molecule has 2 aromatic carbocycles. The van der Waals surface area contributed by atoms with Gasteiger partial charge in [-0.3, -0.25) is 14.5 Å². The molecule has 0 radical (unpaired) electrons. The summed E-state index contributed by atoms with van der Waals surface area (Å²) in [6.07, 6.45) is 1.07. The van der Waals surface area contributed by atoms with Crippen molar-refractivity contribution in [2.24, 2.45) is 4.99 Å². The van der Waals surface area contributed by atoms with E-state index in [2.05, 4.69) is 10.3 Å². The van der Waals surface area contributed by atoms with E-state index in [4.69, 9.17) is 4.74 Å². The Morgan fingerprint density at radius 3 is 2.61 bits per heavy atom. The maximum Gasteiger partial charge on any atom is 0.238 e. The molecule has 0 spiro atoms. The summed E-state index contributed by atoms with van der Waals surface area (Å²) < 4.78 is 5.55. The molecule has 0 aliphatic carbocycles. The summed E-state index contributed by atoms with van der Waals surface area (Å²) in [6, 6.07) is 16.6. The molecule has 0 bridgehead atoms. The highest BCUT2D eigenvalue weighted by atomic mass is 32.2. The number of carbonyl (C=O) groups is 2.